The first-order valence-electron chi connectivity index (χ1n) is 6.24. The fraction of sp³-hybridized carbons (Fsp3) is 0.818. The van der Waals surface area contributed by atoms with Crippen LogP contribution in [-0.2, 0) is 14.6 Å². The number of hydrogen-bond donors (Lipinski definition) is 2. The van der Waals surface area contributed by atoms with Crippen molar-refractivity contribution in [2.24, 2.45) is 0 Å². The number of sulfone groups is 1. The van der Waals surface area contributed by atoms with Gasteiger partial charge in [-0.3, -0.25) is 4.79 Å². The summed E-state index contributed by atoms with van der Waals surface area (Å²) >= 11 is 0. The van der Waals surface area contributed by atoms with Crippen molar-refractivity contribution in [1.82, 2.24) is 10.2 Å². The third-order valence-electron chi connectivity index (χ3n) is 3.25. The molecule has 1 aliphatic heterocycles. The van der Waals surface area contributed by atoms with Gasteiger partial charge < -0.3 is 15.3 Å². The molecule has 110 valence electrons. The molecule has 0 bridgehead atoms. The van der Waals surface area contributed by atoms with Gasteiger partial charge >= 0.3 is 12.0 Å². The number of urea groups is 1. The smallest absolute Gasteiger partial charge is 0.323 e. The van der Waals surface area contributed by atoms with Crippen LogP contribution in [0, 0.1) is 0 Å². The highest BCUT2D eigenvalue weighted by Crippen LogP contribution is 2.12. The van der Waals surface area contributed by atoms with Crippen molar-refractivity contribution in [3.05, 3.63) is 0 Å². The monoisotopic (exact) mass is 292 g/mol. The number of rotatable bonds is 5. The number of carboxylic acids is 1. The van der Waals surface area contributed by atoms with Gasteiger partial charge in [-0.25, -0.2) is 13.2 Å². The lowest BCUT2D eigenvalue weighted by Crippen LogP contribution is -2.50. The quantitative estimate of drug-likeness (QED) is 0.746. The number of carbonyl (C=O) groups is 2. The molecule has 2 atom stereocenters. The van der Waals surface area contributed by atoms with Gasteiger partial charge in [-0.05, 0) is 19.8 Å². The van der Waals surface area contributed by atoms with Crippen LogP contribution in [0.25, 0.3) is 0 Å². The van der Waals surface area contributed by atoms with Gasteiger partial charge in [0.1, 0.15) is 6.54 Å². The Morgan fingerprint density at radius 2 is 2.11 bits per heavy atom. The summed E-state index contributed by atoms with van der Waals surface area (Å²) in [6, 6.07) is -1.15. The topological polar surface area (TPSA) is 104 Å². The normalized spacial score (nSPS) is 22.7. The summed E-state index contributed by atoms with van der Waals surface area (Å²) in [5.41, 5.74) is 0. The van der Waals surface area contributed by atoms with E-state index >= 15 is 0 Å². The van der Waals surface area contributed by atoms with Crippen LogP contribution in [-0.4, -0.2) is 60.6 Å². The number of carbonyl (C=O) groups excluding carboxylic acids is 1. The largest absolute Gasteiger partial charge is 0.480 e. The van der Waals surface area contributed by atoms with Crippen molar-refractivity contribution in [3.8, 4) is 0 Å². The molecule has 19 heavy (non-hydrogen) atoms. The first-order valence-corrected chi connectivity index (χ1v) is 8.06. The summed E-state index contributed by atoms with van der Waals surface area (Å²) in [4.78, 5) is 24.0. The number of amides is 2. The molecular formula is C11H20N2O5S. The number of carboxylic acid groups (broad SMARTS) is 1. The van der Waals surface area contributed by atoms with Crippen molar-refractivity contribution >= 4 is 21.8 Å². The third-order valence-corrected chi connectivity index (χ3v) is 5.02. The van der Waals surface area contributed by atoms with E-state index in [1.807, 2.05) is 6.92 Å². The van der Waals surface area contributed by atoms with Crippen molar-refractivity contribution in [2.75, 3.05) is 18.1 Å². The Balaban J connectivity index is 2.64. The zero-order chi connectivity index (χ0) is 14.6. The molecule has 0 aromatic carbocycles. The van der Waals surface area contributed by atoms with E-state index in [1.54, 1.807) is 6.92 Å². The van der Waals surface area contributed by atoms with E-state index in [0.717, 1.165) is 0 Å². The second-order valence-corrected chi connectivity index (χ2v) is 7.06. The van der Waals surface area contributed by atoms with Gasteiger partial charge in [0.15, 0.2) is 9.84 Å². The van der Waals surface area contributed by atoms with Gasteiger partial charge in [0, 0.05) is 12.1 Å². The molecule has 1 rings (SSSR count). The highest BCUT2D eigenvalue weighted by molar-refractivity contribution is 7.91. The molecule has 0 aromatic rings. The Hall–Kier alpha value is -1.31. The van der Waals surface area contributed by atoms with Crippen LogP contribution >= 0.6 is 0 Å². The molecule has 2 N–H and O–H groups in total. The Morgan fingerprint density at radius 3 is 2.53 bits per heavy atom. The number of aliphatic carboxylic acids is 1. The first-order chi connectivity index (χ1) is 8.75. The molecule has 1 heterocycles. The second-order valence-electron chi connectivity index (χ2n) is 4.83. The maximum Gasteiger partial charge on any atom is 0.323 e. The summed E-state index contributed by atoms with van der Waals surface area (Å²) in [6.07, 6.45) is 1.01. The van der Waals surface area contributed by atoms with Gasteiger partial charge in [0.25, 0.3) is 0 Å². The summed E-state index contributed by atoms with van der Waals surface area (Å²) in [7, 11) is -3.07. The molecule has 0 aromatic heterocycles. The van der Waals surface area contributed by atoms with Crippen LogP contribution in [0.4, 0.5) is 4.79 Å². The number of nitrogens with zero attached hydrogens (tertiary/aromatic N) is 1. The third kappa shape index (κ3) is 4.70. The van der Waals surface area contributed by atoms with Crippen LogP contribution in [0.2, 0.25) is 0 Å². The van der Waals surface area contributed by atoms with Crippen molar-refractivity contribution in [1.29, 1.82) is 0 Å². The van der Waals surface area contributed by atoms with Crippen molar-refractivity contribution in [2.45, 2.75) is 38.8 Å². The maximum absolute atomic E-state index is 12.0. The Bertz CT molecular complexity index is 448. The van der Waals surface area contributed by atoms with Gasteiger partial charge in [-0.15, -0.1) is 0 Å². The molecule has 0 radical (unpaired) electrons. The maximum atomic E-state index is 12.0. The molecule has 1 fully saturated rings. The van der Waals surface area contributed by atoms with E-state index in [0.29, 0.717) is 12.8 Å². The van der Waals surface area contributed by atoms with E-state index in [1.165, 1.54) is 4.90 Å². The minimum Gasteiger partial charge on any atom is -0.480 e. The van der Waals surface area contributed by atoms with Gasteiger partial charge in [0.05, 0.1) is 11.5 Å². The van der Waals surface area contributed by atoms with E-state index < -0.39 is 27.9 Å². The minimum atomic E-state index is -3.07. The SMILES string of the molecule is CCC(C)N(CC(=O)O)C(=O)NC1CCS(=O)(=O)C1. The van der Waals surface area contributed by atoms with Gasteiger partial charge in [0.2, 0.25) is 0 Å². The molecular weight excluding hydrogens is 272 g/mol. The van der Waals surface area contributed by atoms with Crippen LogP contribution in [0.3, 0.4) is 0 Å². The average Bonchev–Trinajstić information content (AvgIpc) is 2.64. The van der Waals surface area contributed by atoms with Crippen LogP contribution < -0.4 is 5.32 Å². The lowest BCUT2D eigenvalue weighted by molar-refractivity contribution is -0.138. The molecule has 1 aliphatic rings. The standard InChI is InChI=1S/C11H20N2O5S/c1-3-8(2)13(6-10(14)15)11(16)12-9-4-5-19(17,18)7-9/h8-9H,3-7H2,1-2H3,(H,12,16)(H,14,15). The predicted octanol–water partition coefficient (Wildman–Crippen LogP) is 0.0682. The van der Waals surface area contributed by atoms with Gasteiger partial charge in [-0.2, -0.15) is 0 Å². The highest BCUT2D eigenvalue weighted by atomic mass is 32.2. The zero-order valence-corrected chi connectivity index (χ0v) is 11.9. The molecule has 7 nitrogen and oxygen atoms in total. The van der Waals surface area contributed by atoms with Crippen LogP contribution in [0.15, 0.2) is 0 Å². The Kier molecular flexibility index (Phi) is 5.16. The van der Waals surface area contributed by atoms with Gasteiger partial charge in [-0.1, -0.05) is 6.92 Å². The lowest BCUT2D eigenvalue weighted by atomic mass is 10.2. The molecule has 0 aliphatic carbocycles. The summed E-state index contributed by atoms with van der Waals surface area (Å²) in [6.45, 7) is 3.22. The van der Waals surface area contributed by atoms with E-state index in [-0.39, 0.29) is 24.1 Å². The fourth-order valence-electron chi connectivity index (χ4n) is 1.96. The van der Waals surface area contributed by atoms with Crippen LogP contribution in [0.1, 0.15) is 26.7 Å². The molecule has 2 unspecified atom stereocenters. The van der Waals surface area contributed by atoms with E-state index in [9.17, 15) is 18.0 Å². The molecule has 0 spiro atoms. The zero-order valence-electron chi connectivity index (χ0n) is 11.1. The van der Waals surface area contributed by atoms with E-state index in [2.05, 4.69) is 5.32 Å². The fourth-order valence-corrected chi connectivity index (χ4v) is 3.63. The second kappa shape index (κ2) is 6.23. The molecule has 0 saturated carbocycles. The summed E-state index contributed by atoms with van der Waals surface area (Å²) in [5, 5.41) is 11.4. The van der Waals surface area contributed by atoms with Crippen molar-refractivity contribution < 1.29 is 23.1 Å². The highest BCUT2D eigenvalue weighted by Gasteiger charge is 2.31. The Labute approximate surface area is 112 Å². The number of hydrogen-bond acceptors (Lipinski definition) is 4. The average molecular weight is 292 g/mol. The van der Waals surface area contributed by atoms with E-state index in [4.69, 9.17) is 5.11 Å². The lowest BCUT2D eigenvalue weighted by Gasteiger charge is -2.28. The summed E-state index contributed by atoms with van der Waals surface area (Å²) < 4.78 is 22.6. The van der Waals surface area contributed by atoms with Crippen molar-refractivity contribution in [3.63, 3.8) is 0 Å². The first kappa shape index (κ1) is 15.7. The Morgan fingerprint density at radius 1 is 1.47 bits per heavy atom. The molecule has 2 amide bonds. The molecule has 1 saturated heterocycles. The summed E-state index contributed by atoms with van der Waals surface area (Å²) in [5.74, 6) is -1.09. The number of nitrogens with one attached hydrogen (secondary N) is 1. The molecule has 8 heteroatoms. The minimum absolute atomic E-state index is 0.0693. The predicted molar refractivity (Wildman–Crippen MR) is 69.7 cm³/mol. The van der Waals surface area contributed by atoms with Crippen LogP contribution in [0.5, 0.6) is 0 Å².